The quantitative estimate of drug-likeness (QED) is 0.719. The van der Waals surface area contributed by atoms with Crippen molar-refractivity contribution in [3.05, 3.63) is 70.5 Å². The minimum Gasteiger partial charge on any atom is -0.383 e. The molecule has 2 aromatic carbocycles. The lowest BCUT2D eigenvalue weighted by molar-refractivity contribution is 0.190. The van der Waals surface area contributed by atoms with Gasteiger partial charge in [-0.15, -0.1) is 0 Å². The monoisotopic (exact) mass is 370 g/mol. The summed E-state index contributed by atoms with van der Waals surface area (Å²) >= 11 is 0. The summed E-state index contributed by atoms with van der Waals surface area (Å²) < 4.78 is 19.1. The van der Waals surface area contributed by atoms with Gasteiger partial charge in [-0.1, -0.05) is 30.3 Å². The van der Waals surface area contributed by atoms with E-state index in [1.165, 1.54) is 16.7 Å². The summed E-state index contributed by atoms with van der Waals surface area (Å²) in [7, 11) is 5.95. The van der Waals surface area contributed by atoms with E-state index in [9.17, 15) is 4.39 Å². The maximum absolute atomic E-state index is 13.9. The topological polar surface area (TPSA) is 24.5 Å². The van der Waals surface area contributed by atoms with Crippen molar-refractivity contribution in [3.63, 3.8) is 0 Å². The van der Waals surface area contributed by atoms with Crippen LogP contribution in [0.3, 0.4) is 0 Å². The highest BCUT2D eigenvalue weighted by molar-refractivity contribution is 5.42. The third-order valence-electron chi connectivity index (χ3n) is 5.40. The molecular weight excluding hydrogens is 339 g/mol. The van der Waals surface area contributed by atoms with Gasteiger partial charge in [-0.25, -0.2) is 4.39 Å². The van der Waals surface area contributed by atoms with E-state index in [0.717, 1.165) is 37.9 Å². The van der Waals surface area contributed by atoms with Gasteiger partial charge in [-0.2, -0.15) is 0 Å². The fraction of sp³-hybridized carbons (Fsp3) is 0.478. The predicted octanol–water partition coefficient (Wildman–Crippen LogP) is 3.61. The van der Waals surface area contributed by atoms with E-state index in [-0.39, 0.29) is 5.82 Å². The molecule has 0 fully saturated rings. The highest BCUT2D eigenvalue weighted by Gasteiger charge is 2.25. The Morgan fingerprint density at radius 1 is 1.15 bits per heavy atom. The Morgan fingerprint density at radius 2 is 1.96 bits per heavy atom. The SMILES string of the molecule is COCCN[C@H](C[C@H]1Cc2cc(F)ccc2Cc2ccccc21)CN(C)C. The lowest BCUT2D eigenvalue weighted by atomic mass is 9.86. The lowest BCUT2D eigenvalue weighted by Gasteiger charge is -2.27. The minimum atomic E-state index is -0.137. The lowest BCUT2D eigenvalue weighted by Crippen LogP contribution is -2.41. The van der Waals surface area contributed by atoms with Crippen LogP contribution in [0.5, 0.6) is 0 Å². The summed E-state index contributed by atoms with van der Waals surface area (Å²) in [5.41, 5.74) is 5.18. The van der Waals surface area contributed by atoms with E-state index < -0.39 is 0 Å². The summed E-state index contributed by atoms with van der Waals surface area (Å²) in [6, 6.07) is 14.3. The van der Waals surface area contributed by atoms with E-state index in [2.05, 4.69) is 48.6 Å². The summed E-state index contributed by atoms with van der Waals surface area (Å²) in [6.45, 7) is 2.52. The van der Waals surface area contributed by atoms with Crippen LogP contribution in [-0.4, -0.2) is 51.8 Å². The van der Waals surface area contributed by atoms with Gasteiger partial charge in [0.2, 0.25) is 0 Å². The third kappa shape index (κ3) is 5.38. The molecule has 3 rings (SSSR count). The molecule has 0 unspecified atom stereocenters. The molecule has 0 bridgehead atoms. The molecule has 4 heteroatoms. The van der Waals surface area contributed by atoms with Crippen LogP contribution in [0.15, 0.2) is 42.5 Å². The van der Waals surface area contributed by atoms with Crippen molar-refractivity contribution in [3.8, 4) is 0 Å². The normalized spacial score (nSPS) is 17.3. The summed E-state index contributed by atoms with van der Waals surface area (Å²) in [5, 5.41) is 3.65. The molecule has 3 nitrogen and oxygen atoms in total. The van der Waals surface area contributed by atoms with Crippen LogP contribution in [0.1, 0.15) is 34.6 Å². The molecule has 0 amide bonds. The minimum absolute atomic E-state index is 0.137. The molecule has 0 spiro atoms. The van der Waals surface area contributed by atoms with Gasteiger partial charge in [0.15, 0.2) is 0 Å². The third-order valence-corrected chi connectivity index (χ3v) is 5.40. The number of hydrogen-bond acceptors (Lipinski definition) is 3. The smallest absolute Gasteiger partial charge is 0.123 e. The van der Waals surface area contributed by atoms with Crippen molar-refractivity contribution in [2.24, 2.45) is 0 Å². The Labute approximate surface area is 162 Å². The molecule has 0 heterocycles. The second-order valence-electron chi connectivity index (χ2n) is 7.83. The van der Waals surface area contributed by atoms with Crippen molar-refractivity contribution in [2.75, 3.05) is 40.9 Å². The zero-order chi connectivity index (χ0) is 19.2. The molecule has 0 saturated carbocycles. The molecule has 2 aromatic rings. The van der Waals surface area contributed by atoms with Crippen LogP contribution in [-0.2, 0) is 17.6 Å². The molecule has 27 heavy (non-hydrogen) atoms. The first-order valence-corrected chi connectivity index (χ1v) is 9.79. The molecule has 0 aliphatic heterocycles. The van der Waals surface area contributed by atoms with Gasteiger partial charge in [0.1, 0.15) is 5.82 Å². The van der Waals surface area contributed by atoms with Gasteiger partial charge >= 0.3 is 0 Å². The number of ether oxygens (including phenoxy) is 1. The van der Waals surface area contributed by atoms with Gasteiger partial charge in [-0.3, -0.25) is 0 Å². The molecule has 0 aromatic heterocycles. The maximum Gasteiger partial charge on any atom is 0.123 e. The first-order chi connectivity index (χ1) is 13.1. The second-order valence-corrected chi connectivity index (χ2v) is 7.83. The fourth-order valence-corrected chi connectivity index (χ4v) is 4.21. The number of rotatable bonds is 8. The highest BCUT2D eigenvalue weighted by Crippen LogP contribution is 2.35. The van der Waals surface area contributed by atoms with Crippen molar-refractivity contribution in [1.29, 1.82) is 0 Å². The number of hydrogen-bond donors (Lipinski definition) is 1. The van der Waals surface area contributed by atoms with Crippen LogP contribution >= 0.6 is 0 Å². The Bertz CT molecular complexity index is 747. The number of benzene rings is 2. The number of methoxy groups -OCH3 is 1. The largest absolute Gasteiger partial charge is 0.383 e. The highest BCUT2D eigenvalue weighted by atomic mass is 19.1. The van der Waals surface area contributed by atoms with E-state index in [1.54, 1.807) is 19.2 Å². The zero-order valence-corrected chi connectivity index (χ0v) is 16.7. The summed E-state index contributed by atoms with van der Waals surface area (Å²) in [4.78, 5) is 2.22. The van der Waals surface area contributed by atoms with E-state index in [4.69, 9.17) is 4.74 Å². The number of nitrogens with zero attached hydrogens (tertiary/aromatic N) is 1. The van der Waals surface area contributed by atoms with E-state index >= 15 is 0 Å². The van der Waals surface area contributed by atoms with Crippen LogP contribution < -0.4 is 5.32 Å². The first-order valence-electron chi connectivity index (χ1n) is 9.79. The first kappa shape index (κ1) is 20.0. The Hall–Kier alpha value is -1.75. The molecule has 1 aliphatic carbocycles. The van der Waals surface area contributed by atoms with Gasteiger partial charge in [-0.05, 0) is 73.7 Å². The molecule has 1 aliphatic rings. The maximum atomic E-state index is 13.9. The standard InChI is InChI=1S/C23H31FN2O/c1-26(2)16-22(25-10-11-27-3)15-20-13-19-14-21(24)9-8-17(19)12-18-6-4-5-7-23(18)20/h4-9,14,20,22,25H,10-13,15-16H2,1-3H3/t20-,22-/m1/s1. The van der Waals surface area contributed by atoms with Crippen LogP contribution in [0.25, 0.3) is 0 Å². The molecule has 0 saturated heterocycles. The molecule has 1 N–H and O–H groups in total. The number of fused-ring (bicyclic) bond motifs is 2. The van der Waals surface area contributed by atoms with E-state index in [1.807, 2.05) is 6.07 Å². The summed E-state index contributed by atoms with van der Waals surface area (Å²) in [5.74, 6) is 0.241. The van der Waals surface area contributed by atoms with Gasteiger partial charge < -0.3 is 15.0 Å². The van der Waals surface area contributed by atoms with Crippen molar-refractivity contribution in [2.45, 2.75) is 31.2 Å². The van der Waals surface area contributed by atoms with Crippen LogP contribution in [0.2, 0.25) is 0 Å². The van der Waals surface area contributed by atoms with Gasteiger partial charge in [0.05, 0.1) is 6.61 Å². The van der Waals surface area contributed by atoms with Crippen molar-refractivity contribution < 1.29 is 9.13 Å². The van der Waals surface area contributed by atoms with Crippen molar-refractivity contribution >= 4 is 0 Å². The van der Waals surface area contributed by atoms with Crippen molar-refractivity contribution in [1.82, 2.24) is 10.2 Å². The molecular formula is C23H31FN2O. The van der Waals surface area contributed by atoms with E-state index in [0.29, 0.717) is 18.6 Å². The number of nitrogens with one attached hydrogen (secondary N) is 1. The Balaban J connectivity index is 1.86. The molecule has 0 radical (unpaired) electrons. The molecule has 146 valence electrons. The summed E-state index contributed by atoms with van der Waals surface area (Å²) in [6.07, 6.45) is 2.80. The molecule has 2 atom stereocenters. The predicted molar refractivity (Wildman–Crippen MR) is 109 cm³/mol. The van der Waals surface area contributed by atoms with Gasteiger partial charge in [0.25, 0.3) is 0 Å². The Kier molecular flexibility index (Phi) is 7.00. The van der Waals surface area contributed by atoms with Crippen LogP contribution in [0, 0.1) is 5.82 Å². The Morgan fingerprint density at radius 3 is 2.74 bits per heavy atom. The zero-order valence-electron chi connectivity index (χ0n) is 16.7. The van der Waals surface area contributed by atoms with Gasteiger partial charge in [0, 0.05) is 26.2 Å². The average molecular weight is 371 g/mol. The number of halogens is 1. The van der Waals surface area contributed by atoms with Crippen LogP contribution in [0.4, 0.5) is 4.39 Å². The fourth-order valence-electron chi connectivity index (χ4n) is 4.21. The second kappa shape index (κ2) is 9.45. The number of likely N-dealkylation sites (N-methyl/N-ethyl adjacent to an activating group) is 1. The average Bonchev–Trinajstić information content (AvgIpc) is 2.78.